The van der Waals surface area contributed by atoms with Gasteiger partial charge in [-0.2, -0.15) is 0 Å². The third-order valence-corrected chi connectivity index (χ3v) is 4.38. The van der Waals surface area contributed by atoms with Crippen LogP contribution in [0.15, 0.2) is 18.3 Å². The summed E-state index contributed by atoms with van der Waals surface area (Å²) in [6.07, 6.45) is 6.78. The Hall–Kier alpha value is -1.18. The van der Waals surface area contributed by atoms with E-state index in [2.05, 4.69) is 18.0 Å². The van der Waals surface area contributed by atoms with E-state index < -0.39 is 0 Å². The van der Waals surface area contributed by atoms with Crippen LogP contribution in [0.25, 0.3) is 0 Å². The first-order valence-electron chi connectivity index (χ1n) is 6.14. The minimum atomic E-state index is 0.177. The van der Waals surface area contributed by atoms with Crippen LogP contribution in [0.3, 0.4) is 0 Å². The molecule has 0 amide bonds. The van der Waals surface area contributed by atoms with E-state index >= 15 is 0 Å². The number of hydrogen-bond donors (Lipinski definition) is 0. The van der Waals surface area contributed by atoms with Crippen LogP contribution >= 0.6 is 0 Å². The van der Waals surface area contributed by atoms with Gasteiger partial charge in [0.2, 0.25) is 0 Å². The molecule has 2 nitrogen and oxygen atoms in total. The fourth-order valence-corrected chi connectivity index (χ4v) is 3.44. The second-order valence-electron chi connectivity index (χ2n) is 5.51. The average molecular weight is 215 g/mol. The van der Waals surface area contributed by atoms with Gasteiger partial charge in [0.1, 0.15) is 5.78 Å². The Balaban J connectivity index is 1.96. The lowest BCUT2D eigenvalue weighted by Crippen LogP contribution is -2.21. The highest BCUT2D eigenvalue weighted by atomic mass is 16.1. The van der Waals surface area contributed by atoms with E-state index in [0.29, 0.717) is 11.7 Å². The van der Waals surface area contributed by atoms with E-state index in [1.165, 1.54) is 17.7 Å². The van der Waals surface area contributed by atoms with Crippen LogP contribution in [-0.2, 0) is 11.2 Å². The molecule has 2 atom stereocenters. The number of ketones is 1. The Bertz CT molecular complexity index is 440. The van der Waals surface area contributed by atoms with Crippen molar-refractivity contribution in [1.29, 1.82) is 0 Å². The molecular weight excluding hydrogens is 198 g/mol. The van der Waals surface area contributed by atoms with Crippen molar-refractivity contribution < 1.29 is 4.79 Å². The fourth-order valence-electron chi connectivity index (χ4n) is 3.44. The Morgan fingerprint density at radius 2 is 2.31 bits per heavy atom. The number of fused-ring (bicyclic) bond motifs is 1. The Kier molecular flexibility index (Phi) is 2.13. The fraction of sp³-hybridized carbons (Fsp3) is 0.571. The number of Topliss-reactive ketones (excluding diaryl/α,β-unsaturated/α-hetero) is 1. The smallest absolute Gasteiger partial charge is 0.133 e. The van der Waals surface area contributed by atoms with E-state index in [0.717, 1.165) is 25.7 Å². The molecule has 0 radical (unpaired) electrons. The number of nitrogens with zero attached hydrogens (tertiary/aromatic N) is 1. The largest absolute Gasteiger partial charge is 0.300 e. The van der Waals surface area contributed by atoms with Crippen LogP contribution in [0, 0.1) is 5.41 Å². The van der Waals surface area contributed by atoms with Gasteiger partial charge in [-0.15, -0.1) is 0 Å². The van der Waals surface area contributed by atoms with E-state index in [1.807, 2.05) is 12.3 Å². The summed E-state index contributed by atoms with van der Waals surface area (Å²) in [5, 5.41) is 0. The first-order chi connectivity index (χ1) is 7.69. The van der Waals surface area contributed by atoms with E-state index in [9.17, 15) is 4.79 Å². The second kappa shape index (κ2) is 3.41. The topological polar surface area (TPSA) is 30.0 Å². The molecule has 16 heavy (non-hydrogen) atoms. The van der Waals surface area contributed by atoms with Gasteiger partial charge in [-0.05, 0) is 36.3 Å². The molecule has 0 saturated heterocycles. The Morgan fingerprint density at radius 1 is 1.44 bits per heavy atom. The van der Waals surface area contributed by atoms with E-state index in [-0.39, 0.29) is 5.41 Å². The maximum absolute atomic E-state index is 11.5. The molecule has 84 valence electrons. The number of carbonyl (C=O) groups is 1. The molecule has 2 aliphatic rings. The van der Waals surface area contributed by atoms with Crippen LogP contribution < -0.4 is 0 Å². The Morgan fingerprint density at radius 3 is 3.06 bits per heavy atom. The number of carbonyl (C=O) groups excluding carboxylic acids is 1. The quantitative estimate of drug-likeness (QED) is 0.721. The van der Waals surface area contributed by atoms with Crippen molar-refractivity contribution in [1.82, 2.24) is 4.98 Å². The van der Waals surface area contributed by atoms with Crippen molar-refractivity contribution in [3.8, 4) is 0 Å². The van der Waals surface area contributed by atoms with Crippen LogP contribution in [0.1, 0.15) is 49.8 Å². The van der Waals surface area contributed by atoms with Crippen molar-refractivity contribution in [2.75, 3.05) is 0 Å². The highest BCUT2D eigenvalue weighted by molar-refractivity contribution is 5.81. The predicted molar refractivity (Wildman–Crippen MR) is 62.3 cm³/mol. The van der Waals surface area contributed by atoms with Gasteiger partial charge in [-0.1, -0.05) is 13.0 Å². The highest BCUT2D eigenvalue weighted by Gasteiger charge is 2.44. The van der Waals surface area contributed by atoms with Gasteiger partial charge in [0.15, 0.2) is 0 Å². The van der Waals surface area contributed by atoms with Crippen molar-refractivity contribution in [2.24, 2.45) is 5.41 Å². The standard InChI is InChI=1S/C14H17NO/c1-14(7-6-11(16)9-14)12-5-4-10-3-2-8-15-13(10)12/h2-3,8,12H,4-7,9H2,1H3. The molecule has 2 heteroatoms. The lowest BCUT2D eigenvalue weighted by atomic mass is 9.74. The lowest BCUT2D eigenvalue weighted by molar-refractivity contribution is -0.118. The zero-order valence-electron chi connectivity index (χ0n) is 9.70. The minimum Gasteiger partial charge on any atom is -0.300 e. The molecular formula is C14H17NO. The summed E-state index contributed by atoms with van der Waals surface area (Å²) >= 11 is 0. The first-order valence-corrected chi connectivity index (χ1v) is 6.14. The second-order valence-corrected chi connectivity index (χ2v) is 5.51. The molecule has 0 spiro atoms. The molecule has 2 aliphatic carbocycles. The van der Waals surface area contributed by atoms with Gasteiger partial charge in [0, 0.05) is 30.7 Å². The van der Waals surface area contributed by atoms with Gasteiger partial charge in [0.05, 0.1) is 0 Å². The van der Waals surface area contributed by atoms with Crippen LogP contribution in [0.2, 0.25) is 0 Å². The number of hydrogen-bond acceptors (Lipinski definition) is 2. The Labute approximate surface area is 96.1 Å². The van der Waals surface area contributed by atoms with Crippen molar-refractivity contribution in [3.63, 3.8) is 0 Å². The third kappa shape index (κ3) is 1.40. The average Bonchev–Trinajstić information content (AvgIpc) is 2.83. The summed E-state index contributed by atoms with van der Waals surface area (Å²) in [6.45, 7) is 2.27. The molecule has 2 unspecified atom stereocenters. The molecule has 0 N–H and O–H groups in total. The summed E-state index contributed by atoms with van der Waals surface area (Å²) in [5.41, 5.74) is 2.84. The minimum absolute atomic E-state index is 0.177. The van der Waals surface area contributed by atoms with Crippen LogP contribution in [-0.4, -0.2) is 10.8 Å². The predicted octanol–water partition coefficient (Wildman–Crippen LogP) is 2.87. The van der Waals surface area contributed by atoms with Gasteiger partial charge in [-0.25, -0.2) is 0 Å². The summed E-state index contributed by atoms with van der Waals surface area (Å²) in [5.74, 6) is 0.946. The third-order valence-electron chi connectivity index (χ3n) is 4.38. The number of aryl methyl sites for hydroxylation is 1. The summed E-state index contributed by atoms with van der Waals surface area (Å²) in [6, 6.07) is 4.20. The van der Waals surface area contributed by atoms with Gasteiger partial charge in [0.25, 0.3) is 0 Å². The van der Waals surface area contributed by atoms with Crippen molar-refractivity contribution in [3.05, 3.63) is 29.6 Å². The molecule has 0 aliphatic heterocycles. The summed E-state index contributed by atoms with van der Waals surface area (Å²) < 4.78 is 0. The molecule has 1 fully saturated rings. The number of pyridine rings is 1. The van der Waals surface area contributed by atoms with Gasteiger partial charge < -0.3 is 0 Å². The number of rotatable bonds is 1. The van der Waals surface area contributed by atoms with Crippen LogP contribution in [0.5, 0.6) is 0 Å². The molecule has 1 saturated carbocycles. The van der Waals surface area contributed by atoms with Gasteiger partial charge in [-0.3, -0.25) is 9.78 Å². The SMILES string of the molecule is CC1(C2CCc3cccnc32)CCC(=O)C1. The first kappa shape index (κ1) is 10.0. The monoisotopic (exact) mass is 215 g/mol. The molecule has 1 aromatic rings. The van der Waals surface area contributed by atoms with E-state index in [4.69, 9.17) is 0 Å². The zero-order valence-corrected chi connectivity index (χ0v) is 9.70. The molecule has 3 rings (SSSR count). The molecule has 0 bridgehead atoms. The normalized spacial score (nSPS) is 33.1. The maximum Gasteiger partial charge on any atom is 0.133 e. The van der Waals surface area contributed by atoms with Crippen LogP contribution in [0.4, 0.5) is 0 Å². The summed E-state index contributed by atoms with van der Waals surface area (Å²) in [7, 11) is 0. The number of aromatic nitrogens is 1. The lowest BCUT2D eigenvalue weighted by Gasteiger charge is -2.30. The van der Waals surface area contributed by atoms with E-state index in [1.54, 1.807) is 0 Å². The maximum atomic E-state index is 11.5. The zero-order chi connectivity index (χ0) is 11.2. The summed E-state index contributed by atoms with van der Waals surface area (Å²) in [4.78, 5) is 16.1. The van der Waals surface area contributed by atoms with Crippen molar-refractivity contribution >= 4 is 5.78 Å². The molecule has 1 heterocycles. The van der Waals surface area contributed by atoms with Gasteiger partial charge >= 0.3 is 0 Å². The molecule has 0 aromatic carbocycles. The van der Waals surface area contributed by atoms with Crippen molar-refractivity contribution in [2.45, 2.75) is 44.9 Å². The molecule has 1 aromatic heterocycles. The highest BCUT2D eigenvalue weighted by Crippen LogP contribution is 2.51.